The summed E-state index contributed by atoms with van der Waals surface area (Å²) < 4.78 is 16.3. The van der Waals surface area contributed by atoms with E-state index in [1.807, 2.05) is 19.1 Å². The predicted molar refractivity (Wildman–Crippen MR) is 76.2 cm³/mol. The Morgan fingerprint density at radius 2 is 1.80 bits per heavy atom. The molecule has 4 N–H and O–H groups in total. The third-order valence-corrected chi connectivity index (χ3v) is 2.90. The van der Waals surface area contributed by atoms with Crippen molar-refractivity contribution in [1.82, 2.24) is 0 Å². The molecular weight excluding hydrogens is 260 g/mol. The quantitative estimate of drug-likeness (QED) is 0.736. The summed E-state index contributed by atoms with van der Waals surface area (Å²) in [6, 6.07) is 3.64. The van der Waals surface area contributed by atoms with Crippen LogP contribution in [0.1, 0.15) is 18.9 Å². The van der Waals surface area contributed by atoms with Gasteiger partial charge in [0.15, 0.2) is 17.6 Å². The molecule has 0 radical (unpaired) electrons. The second-order valence-corrected chi connectivity index (χ2v) is 4.29. The number of methoxy groups -OCH3 is 2. The minimum atomic E-state index is -0.724. The molecule has 0 spiro atoms. The summed E-state index contributed by atoms with van der Waals surface area (Å²) in [6.07, 6.45) is 0.435. The molecule has 6 nitrogen and oxygen atoms in total. The van der Waals surface area contributed by atoms with Crippen LogP contribution < -0.4 is 25.7 Å². The van der Waals surface area contributed by atoms with E-state index in [1.54, 1.807) is 0 Å². The largest absolute Gasteiger partial charge is 0.493 e. The van der Waals surface area contributed by atoms with Gasteiger partial charge >= 0.3 is 0 Å². The molecule has 1 amide bonds. The third-order valence-electron chi connectivity index (χ3n) is 2.90. The van der Waals surface area contributed by atoms with Crippen molar-refractivity contribution in [1.29, 1.82) is 0 Å². The lowest BCUT2D eigenvalue weighted by Crippen LogP contribution is -2.33. The summed E-state index contributed by atoms with van der Waals surface area (Å²) in [7, 11) is 3.05. The van der Waals surface area contributed by atoms with Gasteiger partial charge in [-0.05, 0) is 37.1 Å². The van der Waals surface area contributed by atoms with E-state index in [4.69, 9.17) is 25.7 Å². The van der Waals surface area contributed by atoms with Crippen molar-refractivity contribution in [3.8, 4) is 17.2 Å². The summed E-state index contributed by atoms with van der Waals surface area (Å²) in [5.74, 6) is 0.837. The highest BCUT2D eigenvalue weighted by Crippen LogP contribution is 2.39. The van der Waals surface area contributed by atoms with Crippen molar-refractivity contribution < 1.29 is 19.0 Å². The van der Waals surface area contributed by atoms with Crippen molar-refractivity contribution >= 4 is 5.91 Å². The van der Waals surface area contributed by atoms with Crippen LogP contribution in [0.15, 0.2) is 12.1 Å². The van der Waals surface area contributed by atoms with Crippen LogP contribution >= 0.6 is 0 Å². The van der Waals surface area contributed by atoms with Crippen LogP contribution in [0.2, 0.25) is 0 Å². The number of benzene rings is 1. The standard InChI is InChI=1S/C14H22N2O4/c1-4-10(14(16)17)20-13-11(18-2)7-9(5-6-15)8-12(13)19-3/h7-8,10H,4-6,15H2,1-3H3,(H2,16,17). The summed E-state index contributed by atoms with van der Waals surface area (Å²) in [5.41, 5.74) is 11.8. The fourth-order valence-corrected chi connectivity index (χ4v) is 1.85. The zero-order valence-corrected chi connectivity index (χ0v) is 12.1. The number of amides is 1. The maximum atomic E-state index is 11.3. The first-order chi connectivity index (χ1) is 9.57. The molecular formula is C14H22N2O4. The van der Waals surface area contributed by atoms with Gasteiger partial charge in [0.25, 0.3) is 5.91 Å². The van der Waals surface area contributed by atoms with Crippen molar-refractivity contribution in [2.24, 2.45) is 11.5 Å². The number of hydrogen-bond donors (Lipinski definition) is 2. The average molecular weight is 282 g/mol. The Morgan fingerprint density at radius 1 is 1.25 bits per heavy atom. The summed E-state index contributed by atoms with van der Waals surface area (Å²) in [5, 5.41) is 0. The van der Waals surface area contributed by atoms with Crippen LogP contribution in [0.3, 0.4) is 0 Å². The minimum absolute atomic E-state index is 0.376. The maximum Gasteiger partial charge on any atom is 0.258 e. The highest BCUT2D eigenvalue weighted by Gasteiger charge is 2.21. The van der Waals surface area contributed by atoms with Crippen LogP contribution in [-0.4, -0.2) is 32.8 Å². The number of primary amides is 1. The topological polar surface area (TPSA) is 96.8 Å². The van der Waals surface area contributed by atoms with E-state index in [9.17, 15) is 4.79 Å². The summed E-state index contributed by atoms with van der Waals surface area (Å²) >= 11 is 0. The van der Waals surface area contributed by atoms with E-state index in [2.05, 4.69) is 0 Å². The predicted octanol–water partition coefficient (Wildman–Crippen LogP) is 0.848. The number of carbonyl (C=O) groups excluding carboxylic acids is 1. The Balaban J connectivity index is 3.18. The Hall–Kier alpha value is -1.95. The van der Waals surface area contributed by atoms with Crippen LogP contribution in [0.25, 0.3) is 0 Å². The van der Waals surface area contributed by atoms with Crippen molar-refractivity contribution in [2.75, 3.05) is 20.8 Å². The van der Waals surface area contributed by atoms with Crippen LogP contribution in [0, 0.1) is 0 Å². The van der Waals surface area contributed by atoms with E-state index < -0.39 is 12.0 Å². The Bertz CT molecular complexity index is 437. The van der Waals surface area contributed by atoms with Gasteiger partial charge in [-0.15, -0.1) is 0 Å². The molecule has 0 fully saturated rings. The Labute approximate surface area is 119 Å². The minimum Gasteiger partial charge on any atom is -0.493 e. The van der Waals surface area contributed by atoms with Gasteiger partial charge in [0.2, 0.25) is 5.75 Å². The molecule has 112 valence electrons. The highest BCUT2D eigenvalue weighted by molar-refractivity contribution is 5.79. The van der Waals surface area contributed by atoms with Crippen molar-refractivity contribution in [3.63, 3.8) is 0 Å². The molecule has 0 heterocycles. The van der Waals surface area contributed by atoms with E-state index in [-0.39, 0.29) is 0 Å². The molecule has 20 heavy (non-hydrogen) atoms. The molecule has 0 aliphatic heterocycles. The smallest absolute Gasteiger partial charge is 0.258 e. The Kier molecular flexibility index (Phi) is 6.11. The summed E-state index contributed by atoms with van der Waals surface area (Å²) in [6.45, 7) is 2.34. The molecule has 0 aromatic heterocycles. The van der Waals surface area contributed by atoms with E-state index in [0.717, 1.165) is 5.56 Å². The third kappa shape index (κ3) is 3.77. The molecule has 6 heteroatoms. The van der Waals surface area contributed by atoms with Gasteiger partial charge < -0.3 is 25.7 Å². The van der Waals surface area contributed by atoms with Gasteiger partial charge in [-0.2, -0.15) is 0 Å². The first-order valence-corrected chi connectivity index (χ1v) is 6.48. The van der Waals surface area contributed by atoms with Crippen molar-refractivity contribution in [3.05, 3.63) is 17.7 Å². The zero-order valence-electron chi connectivity index (χ0n) is 12.1. The molecule has 1 unspecified atom stereocenters. The monoisotopic (exact) mass is 282 g/mol. The molecule has 1 aromatic rings. The average Bonchev–Trinajstić information content (AvgIpc) is 2.44. The van der Waals surface area contributed by atoms with E-state index in [0.29, 0.717) is 36.6 Å². The zero-order chi connectivity index (χ0) is 15.1. The Morgan fingerprint density at radius 3 is 2.15 bits per heavy atom. The number of rotatable bonds is 8. The van der Waals surface area contributed by atoms with Gasteiger partial charge in [0, 0.05) is 0 Å². The van der Waals surface area contributed by atoms with Gasteiger partial charge in [-0.3, -0.25) is 4.79 Å². The SMILES string of the molecule is CCC(Oc1c(OC)cc(CCN)cc1OC)C(N)=O. The fraction of sp³-hybridized carbons (Fsp3) is 0.500. The molecule has 1 aromatic carbocycles. The van der Waals surface area contributed by atoms with Gasteiger partial charge in [0.1, 0.15) is 0 Å². The number of hydrogen-bond acceptors (Lipinski definition) is 5. The first-order valence-electron chi connectivity index (χ1n) is 6.48. The van der Waals surface area contributed by atoms with Gasteiger partial charge in [0.05, 0.1) is 14.2 Å². The second kappa shape index (κ2) is 7.59. The van der Waals surface area contributed by atoms with Crippen LogP contribution in [0.4, 0.5) is 0 Å². The molecule has 0 aliphatic carbocycles. The normalized spacial score (nSPS) is 11.8. The van der Waals surface area contributed by atoms with Gasteiger partial charge in [-0.25, -0.2) is 0 Å². The van der Waals surface area contributed by atoms with Crippen molar-refractivity contribution in [2.45, 2.75) is 25.9 Å². The van der Waals surface area contributed by atoms with E-state index in [1.165, 1.54) is 14.2 Å². The van der Waals surface area contributed by atoms with Gasteiger partial charge in [-0.1, -0.05) is 6.92 Å². The van der Waals surface area contributed by atoms with Crippen LogP contribution in [-0.2, 0) is 11.2 Å². The fourth-order valence-electron chi connectivity index (χ4n) is 1.85. The lowest BCUT2D eigenvalue weighted by atomic mass is 10.1. The van der Waals surface area contributed by atoms with Crippen LogP contribution in [0.5, 0.6) is 17.2 Å². The second-order valence-electron chi connectivity index (χ2n) is 4.29. The molecule has 0 bridgehead atoms. The molecule has 1 rings (SSSR count). The number of ether oxygens (including phenoxy) is 3. The highest BCUT2D eigenvalue weighted by atomic mass is 16.5. The number of carbonyl (C=O) groups is 1. The molecule has 1 atom stereocenters. The maximum absolute atomic E-state index is 11.3. The molecule has 0 aliphatic rings. The first kappa shape index (κ1) is 16.1. The lowest BCUT2D eigenvalue weighted by molar-refractivity contribution is -0.124. The summed E-state index contributed by atoms with van der Waals surface area (Å²) in [4.78, 5) is 11.3. The lowest BCUT2D eigenvalue weighted by Gasteiger charge is -2.19. The molecule has 0 saturated heterocycles. The van der Waals surface area contributed by atoms with E-state index >= 15 is 0 Å². The number of nitrogens with two attached hydrogens (primary N) is 2. The molecule has 0 saturated carbocycles.